The fourth-order valence-electron chi connectivity index (χ4n) is 3.13. The molecule has 2 atom stereocenters. The average Bonchev–Trinajstić information content (AvgIpc) is 2.91. The Hall–Kier alpha value is -0.880. The van der Waals surface area contributed by atoms with Crippen molar-refractivity contribution < 1.29 is 13.5 Å². The first-order valence-corrected chi connectivity index (χ1v) is 8.29. The number of aliphatic hydroxyl groups is 1. The van der Waals surface area contributed by atoms with Gasteiger partial charge in [-0.05, 0) is 19.3 Å². The molecular weight excluding hydrogens is 252 g/mol. The minimum absolute atomic E-state index is 0.0428. The number of rotatable bonds is 2. The van der Waals surface area contributed by atoms with Crippen molar-refractivity contribution in [1.29, 1.82) is 0 Å². The summed E-state index contributed by atoms with van der Waals surface area (Å²) in [7, 11) is -2.87. The van der Waals surface area contributed by atoms with Crippen molar-refractivity contribution in [2.45, 2.75) is 37.6 Å². The fourth-order valence-corrected chi connectivity index (χ4v) is 4.87. The molecule has 1 N–H and O–H groups in total. The quantitative estimate of drug-likeness (QED) is 0.856. The van der Waals surface area contributed by atoms with Gasteiger partial charge in [-0.25, -0.2) is 13.4 Å². The Morgan fingerprint density at radius 2 is 2.28 bits per heavy atom. The minimum atomic E-state index is -2.87. The number of imidazole rings is 1. The van der Waals surface area contributed by atoms with Crippen LogP contribution in [-0.4, -0.2) is 41.2 Å². The summed E-state index contributed by atoms with van der Waals surface area (Å²) in [4.78, 5) is 4.43. The Balaban J connectivity index is 1.93. The number of hydrogen-bond donors (Lipinski definition) is 1. The molecule has 1 saturated heterocycles. The van der Waals surface area contributed by atoms with Gasteiger partial charge < -0.3 is 9.67 Å². The summed E-state index contributed by atoms with van der Waals surface area (Å²) in [5.74, 6) is 1.62. The van der Waals surface area contributed by atoms with Gasteiger partial charge in [0.2, 0.25) is 0 Å². The Morgan fingerprint density at radius 3 is 2.94 bits per heavy atom. The van der Waals surface area contributed by atoms with E-state index in [2.05, 4.69) is 9.55 Å². The predicted molar refractivity (Wildman–Crippen MR) is 67.3 cm³/mol. The molecule has 18 heavy (non-hydrogen) atoms. The number of aliphatic hydroxyl groups excluding tert-OH is 1. The first-order chi connectivity index (χ1) is 8.61. The van der Waals surface area contributed by atoms with E-state index in [1.165, 1.54) is 0 Å². The molecule has 0 spiro atoms. The number of sulfone groups is 1. The van der Waals surface area contributed by atoms with E-state index in [1.54, 1.807) is 0 Å². The molecule has 3 rings (SSSR count). The van der Waals surface area contributed by atoms with Gasteiger partial charge in [-0.3, -0.25) is 0 Å². The van der Waals surface area contributed by atoms with Crippen LogP contribution in [0.15, 0.2) is 6.20 Å². The molecule has 1 fully saturated rings. The van der Waals surface area contributed by atoms with Gasteiger partial charge in [0.25, 0.3) is 0 Å². The fraction of sp³-hybridized carbons (Fsp3) is 0.750. The smallest absolute Gasteiger partial charge is 0.151 e. The highest BCUT2D eigenvalue weighted by Gasteiger charge is 2.34. The summed E-state index contributed by atoms with van der Waals surface area (Å²) in [6.07, 6.45) is 4.52. The van der Waals surface area contributed by atoms with Crippen molar-refractivity contribution in [3.63, 3.8) is 0 Å². The van der Waals surface area contributed by atoms with Crippen LogP contribution in [0.25, 0.3) is 0 Å². The first-order valence-electron chi connectivity index (χ1n) is 6.47. The third kappa shape index (κ3) is 1.97. The molecule has 1 aromatic rings. The van der Waals surface area contributed by atoms with Gasteiger partial charge in [0.05, 0.1) is 18.1 Å². The Kier molecular flexibility index (Phi) is 2.94. The standard InChI is InChI=1S/C12H18N2O3S/c15-7-9-2-1-4-14-11(9)6-13-12(14)10-3-5-18(16,17)8-10/h6,9-10,15H,1-5,7-8H2. The maximum absolute atomic E-state index is 11.5. The lowest BCUT2D eigenvalue weighted by Gasteiger charge is -2.24. The monoisotopic (exact) mass is 270 g/mol. The van der Waals surface area contributed by atoms with Crippen molar-refractivity contribution in [2.75, 3.05) is 18.1 Å². The zero-order valence-electron chi connectivity index (χ0n) is 10.2. The summed E-state index contributed by atoms with van der Waals surface area (Å²) in [6, 6.07) is 0. The van der Waals surface area contributed by atoms with Crippen LogP contribution in [0.3, 0.4) is 0 Å². The molecule has 0 radical (unpaired) electrons. The molecule has 5 nitrogen and oxygen atoms in total. The number of fused-ring (bicyclic) bond motifs is 1. The minimum Gasteiger partial charge on any atom is -0.396 e. The maximum Gasteiger partial charge on any atom is 0.151 e. The molecule has 0 aliphatic carbocycles. The van der Waals surface area contributed by atoms with Crippen LogP contribution >= 0.6 is 0 Å². The number of hydrogen-bond acceptors (Lipinski definition) is 4. The molecule has 0 aromatic carbocycles. The Morgan fingerprint density at radius 1 is 1.44 bits per heavy atom. The van der Waals surface area contributed by atoms with E-state index in [0.717, 1.165) is 30.9 Å². The van der Waals surface area contributed by atoms with Gasteiger partial charge in [-0.15, -0.1) is 0 Å². The highest BCUT2D eigenvalue weighted by molar-refractivity contribution is 7.91. The number of aromatic nitrogens is 2. The van der Waals surface area contributed by atoms with Crippen LogP contribution < -0.4 is 0 Å². The van der Waals surface area contributed by atoms with E-state index in [0.29, 0.717) is 6.42 Å². The van der Waals surface area contributed by atoms with E-state index < -0.39 is 9.84 Å². The molecule has 6 heteroatoms. The molecule has 2 unspecified atom stereocenters. The van der Waals surface area contributed by atoms with Crippen molar-refractivity contribution in [3.8, 4) is 0 Å². The lowest BCUT2D eigenvalue weighted by molar-refractivity contribution is 0.240. The summed E-state index contributed by atoms with van der Waals surface area (Å²) in [6.45, 7) is 1.05. The molecule has 1 aromatic heterocycles. The van der Waals surface area contributed by atoms with E-state index in [9.17, 15) is 13.5 Å². The largest absolute Gasteiger partial charge is 0.396 e. The third-order valence-electron chi connectivity index (χ3n) is 4.09. The van der Waals surface area contributed by atoms with Crippen molar-refractivity contribution >= 4 is 9.84 Å². The second kappa shape index (κ2) is 4.35. The van der Waals surface area contributed by atoms with Gasteiger partial charge >= 0.3 is 0 Å². The highest BCUT2D eigenvalue weighted by atomic mass is 32.2. The molecular formula is C12H18N2O3S. The summed E-state index contributed by atoms with van der Waals surface area (Å²) >= 11 is 0. The second-order valence-electron chi connectivity index (χ2n) is 5.31. The predicted octanol–water partition coefficient (Wildman–Crippen LogP) is 0.655. The molecule has 0 bridgehead atoms. The lowest BCUT2D eigenvalue weighted by atomic mass is 9.97. The zero-order chi connectivity index (χ0) is 12.8. The molecule has 2 aliphatic heterocycles. The summed E-state index contributed by atoms with van der Waals surface area (Å²) in [5.41, 5.74) is 1.07. The van der Waals surface area contributed by atoms with Crippen LogP contribution in [0.5, 0.6) is 0 Å². The van der Waals surface area contributed by atoms with E-state index >= 15 is 0 Å². The highest BCUT2D eigenvalue weighted by Crippen LogP contribution is 2.34. The van der Waals surface area contributed by atoms with E-state index in [4.69, 9.17) is 0 Å². The van der Waals surface area contributed by atoms with E-state index in [1.807, 2.05) is 6.20 Å². The zero-order valence-corrected chi connectivity index (χ0v) is 11.1. The van der Waals surface area contributed by atoms with Crippen LogP contribution in [0.4, 0.5) is 0 Å². The molecule has 3 heterocycles. The van der Waals surface area contributed by atoms with Crippen LogP contribution in [-0.2, 0) is 16.4 Å². The van der Waals surface area contributed by atoms with Gasteiger partial charge in [0.1, 0.15) is 5.82 Å². The van der Waals surface area contributed by atoms with Gasteiger partial charge in [0, 0.05) is 30.3 Å². The third-order valence-corrected chi connectivity index (χ3v) is 5.86. The second-order valence-corrected chi connectivity index (χ2v) is 7.54. The maximum atomic E-state index is 11.5. The molecule has 0 amide bonds. The molecule has 2 aliphatic rings. The SMILES string of the molecule is O=S1(=O)CCC(c2ncc3n2CCCC3CO)C1. The Labute approximate surface area is 107 Å². The van der Waals surface area contributed by atoms with Crippen LogP contribution in [0, 0.1) is 0 Å². The van der Waals surface area contributed by atoms with Gasteiger partial charge in [-0.2, -0.15) is 0 Å². The summed E-state index contributed by atoms with van der Waals surface area (Å²) in [5, 5.41) is 9.36. The van der Waals surface area contributed by atoms with Crippen LogP contribution in [0.1, 0.15) is 42.6 Å². The summed E-state index contributed by atoms with van der Waals surface area (Å²) < 4.78 is 25.2. The average molecular weight is 270 g/mol. The van der Waals surface area contributed by atoms with Crippen molar-refractivity contribution in [2.24, 2.45) is 0 Å². The van der Waals surface area contributed by atoms with Gasteiger partial charge in [-0.1, -0.05) is 0 Å². The normalized spacial score (nSPS) is 30.3. The van der Waals surface area contributed by atoms with E-state index in [-0.39, 0.29) is 29.9 Å². The molecule has 0 saturated carbocycles. The van der Waals surface area contributed by atoms with Crippen molar-refractivity contribution in [1.82, 2.24) is 9.55 Å². The molecule has 100 valence electrons. The topological polar surface area (TPSA) is 72.2 Å². The Bertz CT molecular complexity index is 550. The van der Waals surface area contributed by atoms with Crippen LogP contribution in [0.2, 0.25) is 0 Å². The lowest BCUT2D eigenvalue weighted by Crippen LogP contribution is -2.20. The van der Waals surface area contributed by atoms with Gasteiger partial charge in [0.15, 0.2) is 9.84 Å². The number of nitrogens with zero attached hydrogens (tertiary/aromatic N) is 2. The first kappa shape index (κ1) is 12.2. The van der Waals surface area contributed by atoms with Crippen molar-refractivity contribution in [3.05, 3.63) is 17.7 Å².